The SMILES string of the molecule is CC(O)CNC(=O)CCCCBr. The van der Waals surface area contributed by atoms with Crippen LogP contribution in [0.2, 0.25) is 0 Å². The lowest BCUT2D eigenvalue weighted by atomic mass is 10.2. The Morgan fingerprint density at radius 2 is 2.25 bits per heavy atom. The van der Waals surface area contributed by atoms with Crippen LogP contribution in [0.5, 0.6) is 0 Å². The summed E-state index contributed by atoms with van der Waals surface area (Å²) in [4.78, 5) is 11.0. The van der Waals surface area contributed by atoms with Gasteiger partial charge in [0, 0.05) is 18.3 Å². The van der Waals surface area contributed by atoms with Gasteiger partial charge in [-0.25, -0.2) is 0 Å². The summed E-state index contributed by atoms with van der Waals surface area (Å²) < 4.78 is 0. The van der Waals surface area contributed by atoms with E-state index in [-0.39, 0.29) is 5.91 Å². The van der Waals surface area contributed by atoms with E-state index in [0.29, 0.717) is 13.0 Å². The van der Waals surface area contributed by atoms with Gasteiger partial charge in [-0.1, -0.05) is 15.9 Å². The molecule has 0 spiro atoms. The van der Waals surface area contributed by atoms with Crippen molar-refractivity contribution in [2.45, 2.75) is 32.3 Å². The highest BCUT2D eigenvalue weighted by Crippen LogP contribution is 1.97. The zero-order chi connectivity index (χ0) is 9.40. The number of rotatable bonds is 6. The van der Waals surface area contributed by atoms with Crippen LogP contribution in [0.4, 0.5) is 0 Å². The van der Waals surface area contributed by atoms with Crippen LogP contribution < -0.4 is 5.32 Å². The molecule has 0 aliphatic rings. The lowest BCUT2D eigenvalue weighted by molar-refractivity contribution is -0.121. The summed E-state index contributed by atoms with van der Waals surface area (Å²) in [5, 5.41) is 12.4. The predicted molar refractivity (Wildman–Crippen MR) is 52.3 cm³/mol. The second-order valence-corrected chi connectivity index (χ2v) is 3.59. The number of nitrogens with one attached hydrogen (secondary N) is 1. The standard InChI is InChI=1S/C8H16BrNO2/c1-7(11)6-10-8(12)4-2-3-5-9/h7,11H,2-6H2,1H3,(H,10,12). The number of hydrogen-bond donors (Lipinski definition) is 2. The first-order chi connectivity index (χ1) is 5.66. The highest BCUT2D eigenvalue weighted by Gasteiger charge is 2.01. The average molecular weight is 238 g/mol. The van der Waals surface area contributed by atoms with E-state index in [2.05, 4.69) is 21.2 Å². The molecule has 0 aliphatic carbocycles. The van der Waals surface area contributed by atoms with E-state index >= 15 is 0 Å². The second-order valence-electron chi connectivity index (χ2n) is 2.80. The van der Waals surface area contributed by atoms with Crippen LogP contribution in [0.3, 0.4) is 0 Å². The van der Waals surface area contributed by atoms with Gasteiger partial charge in [0.15, 0.2) is 0 Å². The van der Waals surface area contributed by atoms with Gasteiger partial charge < -0.3 is 10.4 Å². The lowest BCUT2D eigenvalue weighted by Gasteiger charge is -2.06. The molecule has 0 bridgehead atoms. The Balaban J connectivity index is 3.22. The molecule has 2 N–H and O–H groups in total. The molecule has 72 valence electrons. The Labute approximate surface area is 81.7 Å². The topological polar surface area (TPSA) is 49.3 Å². The van der Waals surface area contributed by atoms with Crippen molar-refractivity contribution in [1.82, 2.24) is 5.32 Å². The number of aliphatic hydroxyl groups is 1. The quantitative estimate of drug-likeness (QED) is 0.536. The van der Waals surface area contributed by atoms with Gasteiger partial charge in [-0.15, -0.1) is 0 Å². The van der Waals surface area contributed by atoms with E-state index in [1.807, 2.05) is 0 Å². The molecule has 0 heterocycles. The Bertz CT molecular complexity index is 128. The summed E-state index contributed by atoms with van der Waals surface area (Å²) in [7, 11) is 0. The van der Waals surface area contributed by atoms with E-state index in [9.17, 15) is 4.79 Å². The Kier molecular flexibility index (Phi) is 7.50. The Morgan fingerprint density at radius 1 is 1.58 bits per heavy atom. The lowest BCUT2D eigenvalue weighted by Crippen LogP contribution is -2.30. The maximum atomic E-state index is 11.0. The summed E-state index contributed by atoms with van der Waals surface area (Å²) in [6.45, 7) is 2.01. The average Bonchev–Trinajstić information content (AvgIpc) is 2.01. The normalized spacial score (nSPS) is 12.6. The van der Waals surface area contributed by atoms with Gasteiger partial charge in [0.25, 0.3) is 0 Å². The van der Waals surface area contributed by atoms with E-state index in [0.717, 1.165) is 18.2 Å². The third-order valence-electron chi connectivity index (χ3n) is 1.38. The molecule has 0 fully saturated rings. The number of alkyl halides is 1. The Morgan fingerprint density at radius 3 is 2.75 bits per heavy atom. The molecule has 3 nitrogen and oxygen atoms in total. The highest BCUT2D eigenvalue weighted by atomic mass is 79.9. The number of carbonyl (C=O) groups excluding carboxylic acids is 1. The monoisotopic (exact) mass is 237 g/mol. The van der Waals surface area contributed by atoms with Gasteiger partial charge in [-0.05, 0) is 19.8 Å². The van der Waals surface area contributed by atoms with Gasteiger partial charge in [0.05, 0.1) is 6.10 Å². The summed E-state index contributed by atoms with van der Waals surface area (Å²) >= 11 is 3.29. The van der Waals surface area contributed by atoms with Crippen molar-refractivity contribution >= 4 is 21.8 Å². The number of amides is 1. The van der Waals surface area contributed by atoms with Gasteiger partial charge in [0.1, 0.15) is 0 Å². The van der Waals surface area contributed by atoms with Gasteiger partial charge in [-0.2, -0.15) is 0 Å². The Hall–Kier alpha value is -0.0900. The van der Waals surface area contributed by atoms with Crippen molar-refractivity contribution in [3.8, 4) is 0 Å². The summed E-state index contributed by atoms with van der Waals surface area (Å²) in [6, 6.07) is 0. The van der Waals surface area contributed by atoms with Crippen LogP contribution in [-0.2, 0) is 4.79 Å². The van der Waals surface area contributed by atoms with Gasteiger partial charge in [0.2, 0.25) is 5.91 Å². The number of hydrogen-bond acceptors (Lipinski definition) is 2. The number of carbonyl (C=O) groups is 1. The minimum absolute atomic E-state index is 0.0249. The third-order valence-corrected chi connectivity index (χ3v) is 1.94. The van der Waals surface area contributed by atoms with Crippen LogP contribution in [0.1, 0.15) is 26.2 Å². The maximum Gasteiger partial charge on any atom is 0.220 e. The molecule has 0 rings (SSSR count). The molecule has 0 aromatic rings. The molecule has 0 saturated heterocycles. The van der Waals surface area contributed by atoms with Crippen molar-refractivity contribution in [2.24, 2.45) is 0 Å². The second kappa shape index (κ2) is 7.55. The molecular weight excluding hydrogens is 222 g/mol. The molecule has 1 unspecified atom stereocenters. The molecule has 0 aromatic heterocycles. The third kappa shape index (κ3) is 8.01. The minimum atomic E-state index is -0.454. The summed E-state index contributed by atoms with van der Waals surface area (Å²) in [5.41, 5.74) is 0. The smallest absolute Gasteiger partial charge is 0.220 e. The number of unbranched alkanes of at least 4 members (excludes halogenated alkanes) is 1. The maximum absolute atomic E-state index is 11.0. The number of halogens is 1. The largest absolute Gasteiger partial charge is 0.392 e. The fourth-order valence-corrected chi connectivity index (χ4v) is 1.13. The van der Waals surface area contributed by atoms with Crippen LogP contribution >= 0.6 is 15.9 Å². The highest BCUT2D eigenvalue weighted by molar-refractivity contribution is 9.09. The van der Waals surface area contributed by atoms with Crippen molar-refractivity contribution in [3.63, 3.8) is 0 Å². The van der Waals surface area contributed by atoms with Crippen molar-refractivity contribution in [3.05, 3.63) is 0 Å². The van der Waals surface area contributed by atoms with Gasteiger partial charge >= 0.3 is 0 Å². The fourth-order valence-electron chi connectivity index (χ4n) is 0.730. The van der Waals surface area contributed by atoms with Gasteiger partial charge in [-0.3, -0.25) is 4.79 Å². The zero-order valence-electron chi connectivity index (χ0n) is 7.35. The van der Waals surface area contributed by atoms with Crippen LogP contribution in [0.15, 0.2) is 0 Å². The molecule has 0 aliphatic heterocycles. The van der Waals surface area contributed by atoms with E-state index in [4.69, 9.17) is 5.11 Å². The van der Waals surface area contributed by atoms with E-state index < -0.39 is 6.10 Å². The van der Waals surface area contributed by atoms with E-state index in [1.165, 1.54) is 0 Å². The van der Waals surface area contributed by atoms with Crippen LogP contribution in [-0.4, -0.2) is 29.0 Å². The van der Waals surface area contributed by atoms with Crippen molar-refractivity contribution < 1.29 is 9.90 Å². The van der Waals surface area contributed by atoms with Crippen molar-refractivity contribution in [2.75, 3.05) is 11.9 Å². The molecule has 0 radical (unpaired) electrons. The molecule has 0 aromatic carbocycles. The first-order valence-corrected chi connectivity index (χ1v) is 5.29. The first-order valence-electron chi connectivity index (χ1n) is 4.17. The first kappa shape index (κ1) is 11.9. The van der Waals surface area contributed by atoms with E-state index in [1.54, 1.807) is 6.92 Å². The minimum Gasteiger partial charge on any atom is -0.392 e. The van der Waals surface area contributed by atoms with Crippen molar-refractivity contribution in [1.29, 1.82) is 0 Å². The number of aliphatic hydroxyl groups excluding tert-OH is 1. The molecule has 1 amide bonds. The molecule has 4 heteroatoms. The predicted octanol–water partition coefficient (Wildman–Crippen LogP) is 1.05. The fraction of sp³-hybridized carbons (Fsp3) is 0.875. The zero-order valence-corrected chi connectivity index (χ0v) is 8.93. The van der Waals surface area contributed by atoms with Crippen LogP contribution in [0, 0.1) is 0 Å². The molecule has 12 heavy (non-hydrogen) atoms. The summed E-state index contributed by atoms with van der Waals surface area (Å²) in [6.07, 6.45) is 2.02. The molecular formula is C8H16BrNO2. The molecule has 0 saturated carbocycles. The summed E-state index contributed by atoms with van der Waals surface area (Å²) in [5.74, 6) is 0.0249. The van der Waals surface area contributed by atoms with Crippen LogP contribution in [0.25, 0.3) is 0 Å². The molecule has 1 atom stereocenters.